The van der Waals surface area contributed by atoms with Crippen LogP contribution in [0.3, 0.4) is 0 Å². The van der Waals surface area contributed by atoms with Crippen LogP contribution in [-0.2, 0) is 15.7 Å². The molecule has 0 saturated carbocycles. The number of hydrogen-bond donors (Lipinski definition) is 0. The van der Waals surface area contributed by atoms with Crippen LogP contribution in [0.2, 0.25) is 0 Å². The smallest absolute Gasteiger partial charge is 0.399 e. The Morgan fingerprint density at radius 1 is 0.941 bits per heavy atom. The lowest BCUT2D eigenvalue weighted by atomic mass is 9.90. The molecule has 0 N–H and O–H groups in total. The zero-order chi connectivity index (χ0) is 12.7. The van der Waals surface area contributed by atoms with E-state index < -0.39 is 0 Å². The number of benzene rings is 1. The SMILES string of the molecule is CC[13c]1[13cH][13cH][13c](B2OC(C)(C)C(C)(C)O2)[13cH][13cH]1. The van der Waals surface area contributed by atoms with Gasteiger partial charge in [0.25, 0.3) is 0 Å². The molecule has 92 valence electrons. The van der Waals surface area contributed by atoms with Crippen molar-refractivity contribution in [3.05, 3.63) is 29.8 Å². The lowest BCUT2D eigenvalue weighted by Gasteiger charge is -2.32. The molecule has 0 atom stereocenters. The maximum atomic E-state index is 6.00. The van der Waals surface area contributed by atoms with Crippen LogP contribution in [-0.4, -0.2) is 18.3 Å². The van der Waals surface area contributed by atoms with Gasteiger partial charge >= 0.3 is 7.12 Å². The van der Waals surface area contributed by atoms with Crippen LogP contribution in [0.4, 0.5) is 0 Å². The van der Waals surface area contributed by atoms with Crippen LogP contribution in [0.5, 0.6) is 0 Å². The molecule has 1 saturated heterocycles. The standard InChI is InChI=1S/C14H21BO2/c1-6-11-7-9-12(10-8-11)15-16-13(2,3)14(4,5)17-15/h7-10H,6H2,1-5H3/i7+1,8+1,9+1,10+1,11+1,12+1. The molecule has 1 aliphatic heterocycles. The van der Waals surface area contributed by atoms with Gasteiger partial charge in [-0.3, -0.25) is 0 Å². The van der Waals surface area contributed by atoms with Crippen molar-refractivity contribution in [1.82, 2.24) is 0 Å². The molecule has 1 aliphatic rings. The highest BCUT2D eigenvalue weighted by Crippen LogP contribution is 2.36. The van der Waals surface area contributed by atoms with Crippen molar-refractivity contribution in [2.45, 2.75) is 52.2 Å². The molecule has 0 unspecified atom stereocenters. The fourth-order valence-electron chi connectivity index (χ4n) is 1.89. The monoisotopic (exact) mass is 238 g/mol. The minimum Gasteiger partial charge on any atom is -0.399 e. The van der Waals surface area contributed by atoms with Crippen molar-refractivity contribution in [2.75, 3.05) is 0 Å². The van der Waals surface area contributed by atoms with E-state index in [0.29, 0.717) is 0 Å². The van der Waals surface area contributed by atoms with Crippen LogP contribution < -0.4 is 5.46 Å². The Bertz CT molecular complexity index is 379. The quantitative estimate of drug-likeness (QED) is 0.737. The minimum atomic E-state index is -0.263. The highest BCUT2D eigenvalue weighted by molar-refractivity contribution is 6.62. The van der Waals surface area contributed by atoms with E-state index in [1.165, 1.54) is 5.56 Å². The van der Waals surface area contributed by atoms with Gasteiger partial charge in [0.15, 0.2) is 0 Å². The van der Waals surface area contributed by atoms with Crippen LogP contribution in [0.1, 0.15) is 40.2 Å². The molecule has 2 rings (SSSR count). The van der Waals surface area contributed by atoms with E-state index in [1.54, 1.807) is 0 Å². The number of hydrogen-bond acceptors (Lipinski definition) is 2. The lowest BCUT2D eigenvalue weighted by Crippen LogP contribution is -2.41. The van der Waals surface area contributed by atoms with E-state index in [4.69, 9.17) is 9.31 Å². The summed E-state index contributed by atoms with van der Waals surface area (Å²) in [5.74, 6) is 0. The summed E-state index contributed by atoms with van der Waals surface area (Å²) in [6, 6.07) is 8.47. The van der Waals surface area contributed by atoms with Crippen molar-refractivity contribution < 1.29 is 9.31 Å². The molecule has 2 nitrogen and oxygen atoms in total. The zero-order valence-corrected chi connectivity index (χ0v) is 11.4. The summed E-state index contributed by atoms with van der Waals surface area (Å²) in [5, 5.41) is 0. The molecule has 3 heteroatoms. The summed E-state index contributed by atoms with van der Waals surface area (Å²) >= 11 is 0. The lowest BCUT2D eigenvalue weighted by molar-refractivity contribution is 0.00578. The van der Waals surface area contributed by atoms with Crippen LogP contribution in [0.25, 0.3) is 0 Å². The summed E-state index contributed by atoms with van der Waals surface area (Å²) in [6.07, 6.45) is 1.06. The van der Waals surface area contributed by atoms with E-state index in [9.17, 15) is 0 Å². The van der Waals surface area contributed by atoms with Crippen molar-refractivity contribution in [3.63, 3.8) is 0 Å². The molecule has 0 aromatic heterocycles. The average Bonchev–Trinajstić information content (AvgIpc) is 2.48. The van der Waals surface area contributed by atoms with Gasteiger partial charge in [-0.1, -0.05) is 31.2 Å². The maximum absolute atomic E-state index is 6.00. The van der Waals surface area contributed by atoms with Gasteiger partial charge in [0.2, 0.25) is 0 Å². The molecule has 0 aliphatic carbocycles. The van der Waals surface area contributed by atoms with Crippen LogP contribution >= 0.6 is 0 Å². The largest absolute Gasteiger partial charge is 0.494 e. The second-order valence-corrected chi connectivity index (χ2v) is 5.68. The molecule has 1 aromatic carbocycles. The van der Waals surface area contributed by atoms with Gasteiger partial charge in [-0.15, -0.1) is 0 Å². The van der Waals surface area contributed by atoms with Gasteiger partial charge in [0.05, 0.1) is 11.2 Å². The van der Waals surface area contributed by atoms with Gasteiger partial charge in [-0.2, -0.15) is 0 Å². The Morgan fingerprint density at radius 2 is 1.41 bits per heavy atom. The van der Waals surface area contributed by atoms with Gasteiger partial charge in [0.1, 0.15) is 0 Å². The Morgan fingerprint density at radius 3 is 1.82 bits per heavy atom. The average molecular weight is 238 g/mol. The highest BCUT2D eigenvalue weighted by Gasteiger charge is 2.51. The summed E-state index contributed by atoms with van der Waals surface area (Å²) in [4.78, 5) is 0. The fraction of sp³-hybridized carbons (Fsp3) is 0.571. The Balaban J connectivity index is 2.20. The topological polar surface area (TPSA) is 18.5 Å². The molecule has 1 aromatic rings. The predicted octanol–water partition coefficient (Wildman–Crippen LogP) is 2.55. The van der Waals surface area contributed by atoms with Gasteiger partial charge in [-0.25, -0.2) is 0 Å². The molecule has 0 bridgehead atoms. The van der Waals surface area contributed by atoms with E-state index in [2.05, 4.69) is 58.9 Å². The molecule has 17 heavy (non-hydrogen) atoms. The van der Waals surface area contributed by atoms with E-state index in [-0.39, 0.29) is 18.3 Å². The second-order valence-electron chi connectivity index (χ2n) is 5.68. The molecule has 1 fully saturated rings. The maximum Gasteiger partial charge on any atom is 0.494 e. The number of rotatable bonds is 2. The predicted molar refractivity (Wildman–Crippen MR) is 71.5 cm³/mol. The molecule has 0 radical (unpaired) electrons. The molecule has 0 spiro atoms. The summed E-state index contributed by atoms with van der Waals surface area (Å²) in [7, 11) is -0.245. The van der Waals surface area contributed by atoms with Crippen molar-refractivity contribution in [3.8, 4) is 0 Å². The Labute approximate surface area is 104 Å². The zero-order valence-electron chi connectivity index (χ0n) is 11.4. The Kier molecular flexibility index (Phi) is 3.09. The van der Waals surface area contributed by atoms with Crippen molar-refractivity contribution in [1.29, 1.82) is 0 Å². The van der Waals surface area contributed by atoms with Crippen LogP contribution in [0.15, 0.2) is 24.3 Å². The third-order valence-corrected chi connectivity index (χ3v) is 3.91. The molecule has 1 heterocycles. The van der Waals surface area contributed by atoms with E-state index in [1.807, 2.05) is 0 Å². The first-order chi connectivity index (χ1) is 7.86. The highest BCUT2D eigenvalue weighted by atomic mass is 16.7. The van der Waals surface area contributed by atoms with E-state index in [0.717, 1.165) is 11.9 Å². The van der Waals surface area contributed by atoms with E-state index >= 15 is 0 Å². The summed E-state index contributed by atoms with van der Waals surface area (Å²) < 4.78 is 12.0. The first kappa shape index (κ1) is 12.7. The molecular formula is C14H21BO2. The fourth-order valence-corrected chi connectivity index (χ4v) is 1.89. The number of aryl methyl sites for hydroxylation is 1. The second kappa shape index (κ2) is 4.15. The van der Waals surface area contributed by atoms with Gasteiger partial charge in [0, 0.05) is 0 Å². The van der Waals surface area contributed by atoms with Gasteiger partial charge < -0.3 is 9.31 Å². The first-order valence-corrected chi connectivity index (χ1v) is 6.30. The molecule has 0 amide bonds. The Hall–Kier alpha value is -0.795. The van der Waals surface area contributed by atoms with Crippen molar-refractivity contribution in [2.24, 2.45) is 0 Å². The summed E-state index contributed by atoms with van der Waals surface area (Å²) in [5.41, 5.74) is 1.91. The minimum absolute atomic E-state index is 0.245. The van der Waals surface area contributed by atoms with Crippen molar-refractivity contribution >= 4 is 12.6 Å². The summed E-state index contributed by atoms with van der Waals surface area (Å²) in [6.45, 7) is 10.5. The molecular weight excluding hydrogens is 217 g/mol. The first-order valence-electron chi connectivity index (χ1n) is 6.30. The van der Waals surface area contributed by atoms with Gasteiger partial charge in [-0.05, 0) is 45.1 Å². The normalized spacial score (nSPS) is 21.8. The van der Waals surface area contributed by atoms with Crippen LogP contribution in [0, 0.1) is 0 Å². The third kappa shape index (κ3) is 2.27. The third-order valence-electron chi connectivity index (χ3n) is 3.91.